The predicted molar refractivity (Wildman–Crippen MR) is 93.5 cm³/mol. The highest BCUT2D eigenvalue weighted by Crippen LogP contribution is 2.14. The molecule has 0 aliphatic rings. The van der Waals surface area contributed by atoms with Gasteiger partial charge in [-0.3, -0.25) is 0 Å². The smallest absolute Gasteiger partial charge is 0.130 e. The van der Waals surface area contributed by atoms with E-state index in [1.807, 2.05) is 12.1 Å². The van der Waals surface area contributed by atoms with Crippen molar-refractivity contribution in [1.29, 1.82) is 0 Å². The number of benzene rings is 1. The fourth-order valence-corrected chi connectivity index (χ4v) is 2.50. The third kappa shape index (κ3) is 9.59. The van der Waals surface area contributed by atoms with Crippen LogP contribution >= 0.6 is 0 Å². The Labute approximate surface area is 136 Å². The Bertz CT molecular complexity index is 395. The lowest BCUT2D eigenvalue weighted by Crippen LogP contribution is -1.98. The van der Waals surface area contributed by atoms with Crippen molar-refractivity contribution in [1.82, 2.24) is 0 Å². The lowest BCUT2D eigenvalue weighted by atomic mass is 10.1. The van der Waals surface area contributed by atoms with Crippen molar-refractivity contribution < 1.29 is 9.53 Å². The first-order chi connectivity index (χ1) is 10.7. The summed E-state index contributed by atoms with van der Waals surface area (Å²) in [6.07, 6.45) is 12.0. The van der Waals surface area contributed by atoms with Gasteiger partial charge in [0.15, 0.2) is 0 Å². The van der Waals surface area contributed by atoms with Crippen LogP contribution in [-0.4, -0.2) is 12.4 Å². The third-order valence-electron chi connectivity index (χ3n) is 3.96. The van der Waals surface area contributed by atoms with E-state index in [9.17, 15) is 4.79 Å². The monoisotopic (exact) mass is 304 g/mol. The highest BCUT2D eigenvalue weighted by molar-refractivity contribution is 5.75. The molecular weight excluding hydrogens is 272 g/mol. The average molecular weight is 304 g/mol. The molecule has 0 N–H and O–H groups in total. The largest absolute Gasteiger partial charge is 0.494 e. The van der Waals surface area contributed by atoms with E-state index in [4.69, 9.17) is 4.74 Å². The molecule has 22 heavy (non-hydrogen) atoms. The Morgan fingerprint density at radius 2 is 1.50 bits per heavy atom. The molecule has 0 heterocycles. The van der Waals surface area contributed by atoms with Gasteiger partial charge in [-0.1, -0.05) is 64.0 Å². The first-order valence-electron chi connectivity index (χ1n) is 8.93. The zero-order chi connectivity index (χ0) is 16.0. The summed E-state index contributed by atoms with van der Waals surface area (Å²) in [6, 6.07) is 8.15. The molecule has 0 radical (unpaired) electrons. The number of rotatable bonds is 13. The van der Waals surface area contributed by atoms with Gasteiger partial charge in [0.2, 0.25) is 0 Å². The van der Waals surface area contributed by atoms with Crippen LogP contribution in [0.2, 0.25) is 0 Å². The number of aryl methyl sites for hydroxylation is 1. The Balaban J connectivity index is 2.04. The zero-order valence-corrected chi connectivity index (χ0v) is 14.4. The van der Waals surface area contributed by atoms with E-state index in [1.165, 1.54) is 50.5 Å². The third-order valence-corrected chi connectivity index (χ3v) is 3.96. The van der Waals surface area contributed by atoms with Crippen molar-refractivity contribution in [3.05, 3.63) is 29.8 Å². The average Bonchev–Trinajstić information content (AvgIpc) is 2.52. The number of hydrogen-bond donors (Lipinski definition) is 0. The number of carbonyl (C=O) groups excluding carboxylic acids is 1. The predicted octanol–water partition coefficient (Wildman–Crippen LogP) is 5.73. The molecule has 0 bridgehead atoms. The first-order valence-corrected chi connectivity index (χ1v) is 8.93. The molecular formula is C20H32O2. The van der Waals surface area contributed by atoms with E-state index in [1.54, 1.807) is 6.92 Å². The fourth-order valence-electron chi connectivity index (χ4n) is 2.50. The number of hydrogen-bond acceptors (Lipinski definition) is 2. The van der Waals surface area contributed by atoms with Crippen LogP contribution in [0.15, 0.2) is 24.3 Å². The van der Waals surface area contributed by atoms with Crippen molar-refractivity contribution >= 4 is 5.78 Å². The van der Waals surface area contributed by atoms with Crippen molar-refractivity contribution in [3.63, 3.8) is 0 Å². The molecule has 0 amide bonds. The van der Waals surface area contributed by atoms with Crippen LogP contribution in [-0.2, 0) is 11.2 Å². The molecule has 124 valence electrons. The van der Waals surface area contributed by atoms with Gasteiger partial charge in [-0.2, -0.15) is 0 Å². The van der Waals surface area contributed by atoms with E-state index in [2.05, 4.69) is 19.1 Å². The highest BCUT2D eigenvalue weighted by Gasteiger charge is 1.99. The Morgan fingerprint density at radius 3 is 2.09 bits per heavy atom. The van der Waals surface area contributed by atoms with E-state index >= 15 is 0 Å². The van der Waals surface area contributed by atoms with Gasteiger partial charge in [0.1, 0.15) is 11.5 Å². The van der Waals surface area contributed by atoms with Crippen LogP contribution in [0.1, 0.15) is 77.2 Å². The fraction of sp³-hybridized carbons (Fsp3) is 0.650. The van der Waals surface area contributed by atoms with E-state index in [0.29, 0.717) is 6.42 Å². The molecule has 1 rings (SSSR count). The minimum atomic E-state index is 0.245. The van der Waals surface area contributed by atoms with Crippen LogP contribution in [0.5, 0.6) is 5.75 Å². The minimum absolute atomic E-state index is 0.245. The van der Waals surface area contributed by atoms with Crippen LogP contribution in [0, 0.1) is 0 Å². The Kier molecular flexibility index (Phi) is 10.4. The summed E-state index contributed by atoms with van der Waals surface area (Å²) in [7, 11) is 0. The molecule has 2 nitrogen and oxygen atoms in total. The highest BCUT2D eigenvalue weighted by atomic mass is 16.5. The van der Waals surface area contributed by atoms with Gasteiger partial charge in [0.25, 0.3) is 0 Å². The normalized spacial score (nSPS) is 10.6. The molecule has 0 saturated carbocycles. The summed E-state index contributed by atoms with van der Waals surface area (Å²) in [5.74, 6) is 1.18. The molecule has 1 aromatic carbocycles. The summed E-state index contributed by atoms with van der Waals surface area (Å²) in [6.45, 7) is 4.70. The topological polar surface area (TPSA) is 26.3 Å². The maximum absolute atomic E-state index is 11.0. The number of unbranched alkanes of at least 4 members (excludes halogenated alkanes) is 7. The summed E-state index contributed by atoms with van der Waals surface area (Å²) in [5, 5.41) is 0. The van der Waals surface area contributed by atoms with Crippen LogP contribution < -0.4 is 4.74 Å². The van der Waals surface area contributed by atoms with Crippen molar-refractivity contribution in [2.24, 2.45) is 0 Å². The SMILES string of the molecule is CCCCCCCCCCOc1ccc(CCC(C)=O)cc1. The molecule has 0 aliphatic carbocycles. The number of carbonyl (C=O) groups is 1. The lowest BCUT2D eigenvalue weighted by Gasteiger charge is -2.07. The summed E-state index contributed by atoms with van der Waals surface area (Å²) in [4.78, 5) is 11.0. The standard InChI is InChI=1S/C20H32O2/c1-3-4-5-6-7-8-9-10-17-22-20-15-13-19(14-16-20)12-11-18(2)21/h13-16H,3-12,17H2,1-2H3. The van der Waals surface area contributed by atoms with Gasteiger partial charge in [-0.25, -0.2) is 0 Å². The van der Waals surface area contributed by atoms with Crippen molar-refractivity contribution in [2.45, 2.75) is 78.1 Å². The Morgan fingerprint density at radius 1 is 0.909 bits per heavy atom. The zero-order valence-electron chi connectivity index (χ0n) is 14.4. The van der Waals surface area contributed by atoms with Crippen molar-refractivity contribution in [2.75, 3.05) is 6.61 Å². The Hall–Kier alpha value is -1.31. The second-order valence-corrected chi connectivity index (χ2v) is 6.17. The molecule has 0 aliphatic heterocycles. The van der Waals surface area contributed by atoms with Gasteiger partial charge < -0.3 is 9.53 Å². The maximum Gasteiger partial charge on any atom is 0.130 e. The second-order valence-electron chi connectivity index (χ2n) is 6.17. The lowest BCUT2D eigenvalue weighted by molar-refractivity contribution is -0.116. The number of ether oxygens (including phenoxy) is 1. The van der Waals surface area contributed by atoms with Gasteiger partial charge >= 0.3 is 0 Å². The summed E-state index contributed by atoms with van der Waals surface area (Å²) < 4.78 is 5.76. The second kappa shape index (κ2) is 12.3. The quantitative estimate of drug-likeness (QED) is 0.435. The van der Waals surface area contributed by atoms with Crippen LogP contribution in [0.4, 0.5) is 0 Å². The summed E-state index contributed by atoms with van der Waals surface area (Å²) >= 11 is 0. The van der Waals surface area contributed by atoms with E-state index in [-0.39, 0.29) is 5.78 Å². The molecule has 0 fully saturated rings. The van der Waals surface area contributed by atoms with Gasteiger partial charge in [-0.05, 0) is 37.5 Å². The van der Waals surface area contributed by atoms with Crippen molar-refractivity contribution in [3.8, 4) is 5.75 Å². The number of ketones is 1. The molecule has 2 heteroatoms. The molecule has 0 aromatic heterocycles. The van der Waals surface area contributed by atoms with Gasteiger partial charge in [0.05, 0.1) is 6.61 Å². The molecule has 0 atom stereocenters. The minimum Gasteiger partial charge on any atom is -0.494 e. The maximum atomic E-state index is 11.0. The summed E-state index contributed by atoms with van der Waals surface area (Å²) in [5.41, 5.74) is 1.20. The van der Waals surface area contributed by atoms with Crippen LogP contribution in [0.25, 0.3) is 0 Å². The number of Topliss-reactive ketones (excluding diaryl/α,β-unsaturated/α-hetero) is 1. The first kappa shape index (κ1) is 18.7. The van der Waals surface area contributed by atoms with Gasteiger partial charge in [-0.15, -0.1) is 0 Å². The van der Waals surface area contributed by atoms with Gasteiger partial charge in [0, 0.05) is 6.42 Å². The van der Waals surface area contributed by atoms with E-state index < -0.39 is 0 Å². The van der Waals surface area contributed by atoms with Crippen LogP contribution in [0.3, 0.4) is 0 Å². The molecule has 1 aromatic rings. The molecule has 0 saturated heterocycles. The van der Waals surface area contributed by atoms with E-state index in [0.717, 1.165) is 25.2 Å². The molecule has 0 unspecified atom stereocenters. The molecule has 0 spiro atoms.